The quantitative estimate of drug-likeness (QED) is 0.681. The summed E-state index contributed by atoms with van der Waals surface area (Å²) in [5, 5.41) is 3.30. The smallest absolute Gasteiger partial charge is 0.117 e. The SMILES string of the molecule is CCCNCc1ccc(CC)o1. The minimum atomic E-state index is 0.855. The highest BCUT2D eigenvalue weighted by Gasteiger charge is 1.98. The van der Waals surface area contributed by atoms with Crippen LogP contribution in [0.5, 0.6) is 0 Å². The highest BCUT2D eigenvalue weighted by atomic mass is 16.3. The van der Waals surface area contributed by atoms with Crippen molar-refractivity contribution < 1.29 is 4.42 Å². The van der Waals surface area contributed by atoms with E-state index < -0.39 is 0 Å². The van der Waals surface area contributed by atoms with Crippen molar-refractivity contribution in [1.82, 2.24) is 5.32 Å². The molecule has 1 aromatic rings. The minimum absolute atomic E-state index is 0.855. The van der Waals surface area contributed by atoms with Gasteiger partial charge in [-0.1, -0.05) is 13.8 Å². The van der Waals surface area contributed by atoms with Crippen molar-refractivity contribution in [3.05, 3.63) is 23.7 Å². The summed E-state index contributed by atoms with van der Waals surface area (Å²) >= 11 is 0. The van der Waals surface area contributed by atoms with Crippen LogP contribution in [0, 0.1) is 0 Å². The molecule has 0 aromatic carbocycles. The van der Waals surface area contributed by atoms with Gasteiger partial charge in [0.1, 0.15) is 11.5 Å². The highest BCUT2D eigenvalue weighted by Crippen LogP contribution is 2.07. The standard InChI is InChI=1S/C10H17NO/c1-3-7-11-8-10-6-5-9(4-2)12-10/h5-6,11H,3-4,7-8H2,1-2H3. The van der Waals surface area contributed by atoms with E-state index in [1.165, 1.54) is 6.42 Å². The lowest BCUT2D eigenvalue weighted by Crippen LogP contribution is -2.12. The maximum Gasteiger partial charge on any atom is 0.117 e. The molecule has 0 saturated carbocycles. The molecule has 0 unspecified atom stereocenters. The number of aryl methyl sites for hydroxylation is 1. The van der Waals surface area contributed by atoms with Crippen LogP contribution in [-0.4, -0.2) is 6.54 Å². The second-order valence-electron chi connectivity index (χ2n) is 2.90. The number of hydrogen-bond acceptors (Lipinski definition) is 2. The van der Waals surface area contributed by atoms with E-state index in [2.05, 4.69) is 19.2 Å². The molecule has 0 fully saturated rings. The van der Waals surface area contributed by atoms with Crippen molar-refractivity contribution in [1.29, 1.82) is 0 Å². The maximum absolute atomic E-state index is 5.52. The second-order valence-corrected chi connectivity index (χ2v) is 2.90. The van der Waals surface area contributed by atoms with Gasteiger partial charge in [-0.05, 0) is 25.1 Å². The van der Waals surface area contributed by atoms with Crippen LogP contribution in [0.4, 0.5) is 0 Å². The number of rotatable bonds is 5. The average molecular weight is 167 g/mol. The fourth-order valence-electron chi connectivity index (χ4n) is 1.10. The van der Waals surface area contributed by atoms with Gasteiger partial charge >= 0.3 is 0 Å². The van der Waals surface area contributed by atoms with Gasteiger partial charge in [-0.25, -0.2) is 0 Å². The van der Waals surface area contributed by atoms with E-state index in [-0.39, 0.29) is 0 Å². The fraction of sp³-hybridized carbons (Fsp3) is 0.600. The molecule has 1 rings (SSSR count). The van der Waals surface area contributed by atoms with Gasteiger partial charge in [-0.3, -0.25) is 0 Å². The van der Waals surface area contributed by atoms with E-state index in [0.29, 0.717) is 0 Å². The van der Waals surface area contributed by atoms with Gasteiger partial charge in [0.25, 0.3) is 0 Å². The van der Waals surface area contributed by atoms with Gasteiger partial charge in [0.15, 0.2) is 0 Å². The number of hydrogen-bond donors (Lipinski definition) is 1. The molecule has 0 radical (unpaired) electrons. The van der Waals surface area contributed by atoms with Crippen molar-refractivity contribution >= 4 is 0 Å². The second kappa shape index (κ2) is 4.99. The van der Waals surface area contributed by atoms with Crippen LogP contribution in [-0.2, 0) is 13.0 Å². The zero-order chi connectivity index (χ0) is 8.81. The summed E-state index contributed by atoms with van der Waals surface area (Å²) in [6, 6.07) is 4.09. The number of nitrogens with one attached hydrogen (secondary N) is 1. The largest absolute Gasteiger partial charge is 0.465 e. The van der Waals surface area contributed by atoms with Crippen molar-refractivity contribution in [2.75, 3.05) is 6.54 Å². The van der Waals surface area contributed by atoms with Gasteiger partial charge in [0, 0.05) is 6.42 Å². The van der Waals surface area contributed by atoms with Crippen molar-refractivity contribution in [2.24, 2.45) is 0 Å². The minimum Gasteiger partial charge on any atom is -0.465 e. The zero-order valence-corrected chi connectivity index (χ0v) is 7.89. The van der Waals surface area contributed by atoms with Crippen molar-refractivity contribution in [3.63, 3.8) is 0 Å². The number of furan rings is 1. The summed E-state index contributed by atoms with van der Waals surface area (Å²) in [6.45, 7) is 6.17. The Kier molecular flexibility index (Phi) is 3.88. The van der Waals surface area contributed by atoms with Crippen LogP contribution in [0.1, 0.15) is 31.8 Å². The van der Waals surface area contributed by atoms with E-state index in [9.17, 15) is 0 Å². The average Bonchev–Trinajstić information content (AvgIpc) is 2.53. The molecular formula is C10H17NO. The van der Waals surface area contributed by atoms with Crippen LogP contribution >= 0.6 is 0 Å². The molecule has 2 nitrogen and oxygen atoms in total. The van der Waals surface area contributed by atoms with E-state index in [0.717, 1.165) is 31.0 Å². The first-order valence-corrected chi connectivity index (χ1v) is 4.65. The lowest BCUT2D eigenvalue weighted by Gasteiger charge is -1.98. The third-order valence-corrected chi connectivity index (χ3v) is 1.79. The summed E-state index contributed by atoms with van der Waals surface area (Å²) < 4.78 is 5.52. The molecule has 0 bridgehead atoms. The first-order chi connectivity index (χ1) is 5.86. The molecular weight excluding hydrogens is 150 g/mol. The van der Waals surface area contributed by atoms with Crippen LogP contribution in [0.25, 0.3) is 0 Å². The van der Waals surface area contributed by atoms with Gasteiger partial charge in [0.2, 0.25) is 0 Å². The summed E-state index contributed by atoms with van der Waals surface area (Å²) in [5.74, 6) is 2.11. The predicted molar refractivity (Wildman–Crippen MR) is 50.1 cm³/mol. The third-order valence-electron chi connectivity index (χ3n) is 1.79. The van der Waals surface area contributed by atoms with Crippen molar-refractivity contribution in [2.45, 2.75) is 33.2 Å². The summed E-state index contributed by atoms with van der Waals surface area (Å²) in [4.78, 5) is 0. The Morgan fingerprint density at radius 1 is 1.25 bits per heavy atom. The molecule has 2 heteroatoms. The molecule has 1 N–H and O–H groups in total. The van der Waals surface area contributed by atoms with E-state index in [1.807, 2.05) is 12.1 Å². The Labute approximate surface area is 74.0 Å². The fourth-order valence-corrected chi connectivity index (χ4v) is 1.10. The molecule has 0 spiro atoms. The van der Waals surface area contributed by atoms with E-state index in [4.69, 9.17) is 4.42 Å². The Hall–Kier alpha value is -0.760. The van der Waals surface area contributed by atoms with Gasteiger partial charge < -0.3 is 9.73 Å². The Balaban J connectivity index is 2.31. The molecule has 12 heavy (non-hydrogen) atoms. The molecule has 0 aliphatic heterocycles. The van der Waals surface area contributed by atoms with Crippen LogP contribution in [0.2, 0.25) is 0 Å². The Morgan fingerprint density at radius 3 is 2.58 bits per heavy atom. The zero-order valence-electron chi connectivity index (χ0n) is 7.89. The van der Waals surface area contributed by atoms with Crippen LogP contribution < -0.4 is 5.32 Å². The molecule has 0 amide bonds. The van der Waals surface area contributed by atoms with Crippen LogP contribution in [0.15, 0.2) is 16.5 Å². The summed E-state index contributed by atoms with van der Waals surface area (Å²) in [6.07, 6.45) is 2.15. The lowest BCUT2D eigenvalue weighted by molar-refractivity contribution is 0.451. The Bertz CT molecular complexity index is 217. The van der Waals surface area contributed by atoms with Gasteiger partial charge in [-0.15, -0.1) is 0 Å². The predicted octanol–water partition coefficient (Wildman–Crippen LogP) is 2.34. The first-order valence-electron chi connectivity index (χ1n) is 4.65. The monoisotopic (exact) mass is 167 g/mol. The molecule has 1 aromatic heterocycles. The molecule has 0 aliphatic rings. The normalized spacial score (nSPS) is 10.5. The Morgan fingerprint density at radius 2 is 2.00 bits per heavy atom. The van der Waals surface area contributed by atoms with Crippen LogP contribution in [0.3, 0.4) is 0 Å². The molecule has 0 saturated heterocycles. The maximum atomic E-state index is 5.52. The van der Waals surface area contributed by atoms with Gasteiger partial charge in [0.05, 0.1) is 6.54 Å². The molecule has 1 heterocycles. The van der Waals surface area contributed by atoms with E-state index >= 15 is 0 Å². The first kappa shape index (κ1) is 9.33. The van der Waals surface area contributed by atoms with Crippen molar-refractivity contribution in [3.8, 4) is 0 Å². The lowest BCUT2D eigenvalue weighted by atomic mass is 10.3. The summed E-state index contributed by atoms with van der Waals surface area (Å²) in [5.41, 5.74) is 0. The highest BCUT2D eigenvalue weighted by molar-refractivity contribution is 5.06. The van der Waals surface area contributed by atoms with Gasteiger partial charge in [-0.2, -0.15) is 0 Å². The molecule has 68 valence electrons. The van der Waals surface area contributed by atoms with E-state index in [1.54, 1.807) is 0 Å². The molecule has 0 atom stereocenters. The molecule has 0 aliphatic carbocycles. The topological polar surface area (TPSA) is 25.2 Å². The summed E-state index contributed by atoms with van der Waals surface area (Å²) in [7, 11) is 0. The third kappa shape index (κ3) is 2.70.